The number of benzene rings is 1. The molecule has 0 amide bonds. The third-order valence-corrected chi connectivity index (χ3v) is 2.79. The number of aryl methyl sites for hydroxylation is 1. The van der Waals surface area contributed by atoms with Gasteiger partial charge >= 0.3 is 0 Å². The second-order valence-corrected chi connectivity index (χ2v) is 4.21. The van der Waals surface area contributed by atoms with Gasteiger partial charge < -0.3 is 10.6 Å². The highest BCUT2D eigenvalue weighted by atomic mass is 19.1. The Bertz CT molecular complexity index is 537. The zero-order valence-corrected chi connectivity index (χ0v) is 10.5. The maximum absolute atomic E-state index is 12.9. The molecule has 0 aliphatic carbocycles. The van der Waals surface area contributed by atoms with Crippen LogP contribution in [0.1, 0.15) is 11.3 Å². The molecule has 3 nitrogen and oxygen atoms in total. The van der Waals surface area contributed by atoms with Gasteiger partial charge in [0.25, 0.3) is 0 Å². The van der Waals surface area contributed by atoms with Gasteiger partial charge in [-0.15, -0.1) is 0 Å². The normalized spacial score (nSPS) is 10.4. The van der Waals surface area contributed by atoms with E-state index in [1.807, 2.05) is 31.0 Å². The van der Waals surface area contributed by atoms with Crippen LogP contribution >= 0.6 is 0 Å². The molecule has 0 aliphatic heterocycles. The van der Waals surface area contributed by atoms with Gasteiger partial charge in [0.05, 0.1) is 0 Å². The van der Waals surface area contributed by atoms with Crippen molar-refractivity contribution in [1.29, 1.82) is 0 Å². The number of rotatable bonds is 3. The largest absolute Gasteiger partial charge is 0.329 e. The van der Waals surface area contributed by atoms with Gasteiger partial charge in [0.1, 0.15) is 11.6 Å². The lowest BCUT2D eigenvalue weighted by Gasteiger charge is -2.19. The summed E-state index contributed by atoms with van der Waals surface area (Å²) < 4.78 is 12.9. The summed E-state index contributed by atoms with van der Waals surface area (Å²) in [5, 5.41) is 0. The molecule has 0 aliphatic rings. The van der Waals surface area contributed by atoms with Gasteiger partial charge in [-0.05, 0) is 48.9 Å². The zero-order chi connectivity index (χ0) is 13.1. The van der Waals surface area contributed by atoms with Crippen LogP contribution in [0, 0.1) is 12.7 Å². The van der Waals surface area contributed by atoms with E-state index in [1.165, 1.54) is 12.1 Å². The van der Waals surface area contributed by atoms with E-state index in [4.69, 9.17) is 5.73 Å². The molecule has 1 aromatic carbocycles. The molecule has 2 N–H and O–H groups in total. The van der Waals surface area contributed by atoms with E-state index in [0.717, 1.165) is 22.8 Å². The van der Waals surface area contributed by atoms with Crippen LogP contribution in [0.4, 0.5) is 15.9 Å². The van der Waals surface area contributed by atoms with Crippen LogP contribution in [-0.2, 0) is 6.54 Å². The lowest BCUT2D eigenvalue weighted by Crippen LogP contribution is -2.12. The summed E-state index contributed by atoms with van der Waals surface area (Å²) in [4.78, 5) is 6.37. The third-order valence-electron chi connectivity index (χ3n) is 2.79. The topological polar surface area (TPSA) is 42.1 Å². The standard InChI is InChI=1S/C14H16FN3/c1-10-7-11(9-16)8-14(17-10)18(2)13-5-3-12(15)4-6-13/h3-8H,9,16H2,1-2H3. The number of pyridine rings is 1. The fourth-order valence-corrected chi connectivity index (χ4v) is 1.81. The van der Waals surface area contributed by atoms with Gasteiger partial charge in [0, 0.05) is 25.0 Å². The molecule has 1 aromatic heterocycles. The number of aromatic nitrogens is 1. The Kier molecular flexibility index (Phi) is 3.58. The van der Waals surface area contributed by atoms with Crippen molar-refractivity contribution in [3.63, 3.8) is 0 Å². The van der Waals surface area contributed by atoms with Crippen LogP contribution in [0.15, 0.2) is 36.4 Å². The fraction of sp³-hybridized carbons (Fsp3) is 0.214. The maximum Gasteiger partial charge on any atom is 0.133 e. The third kappa shape index (κ3) is 2.65. The molecule has 0 unspecified atom stereocenters. The Balaban J connectivity index is 2.35. The van der Waals surface area contributed by atoms with Gasteiger partial charge in [-0.2, -0.15) is 0 Å². The van der Waals surface area contributed by atoms with E-state index in [0.29, 0.717) is 6.54 Å². The van der Waals surface area contributed by atoms with Crippen LogP contribution in [-0.4, -0.2) is 12.0 Å². The van der Waals surface area contributed by atoms with Crippen molar-refractivity contribution in [2.45, 2.75) is 13.5 Å². The predicted octanol–water partition coefficient (Wildman–Crippen LogP) is 2.76. The smallest absolute Gasteiger partial charge is 0.133 e. The molecule has 0 spiro atoms. The lowest BCUT2D eigenvalue weighted by atomic mass is 10.2. The van der Waals surface area contributed by atoms with Gasteiger partial charge in [0.15, 0.2) is 0 Å². The molecule has 18 heavy (non-hydrogen) atoms. The average molecular weight is 245 g/mol. The highest BCUT2D eigenvalue weighted by Gasteiger charge is 2.07. The van der Waals surface area contributed by atoms with E-state index in [1.54, 1.807) is 12.1 Å². The zero-order valence-electron chi connectivity index (χ0n) is 10.5. The molecule has 2 aromatic rings. The van der Waals surface area contributed by atoms with Crippen LogP contribution in [0.3, 0.4) is 0 Å². The molecule has 0 radical (unpaired) electrons. The van der Waals surface area contributed by atoms with Crippen molar-refractivity contribution >= 4 is 11.5 Å². The van der Waals surface area contributed by atoms with Crippen molar-refractivity contribution in [2.75, 3.05) is 11.9 Å². The summed E-state index contributed by atoms with van der Waals surface area (Å²) in [6.45, 7) is 2.41. The van der Waals surface area contributed by atoms with Crippen LogP contribution in [0.5, 0.6) is 0 Å². The minimum absolute atomic E-state index is 0.244. The molecule has 1 heterocycles. The fourth-order valence-electron chi connectivity index (χ4n) is 1.81. The molecule has 4 heteroatoms. The molecule has 94 valence electrons. The average Bonchev–Trinajstić information content (AvgIpc) is 2.38. The van der Waals surface area contributed by atoms with Crippen LogP contribution < -0.4 is 10.6 Å². The summed E-state index contributed by atoms with van der Waals surface area (Å²) in [5.74, 6) is 0.564. The lowest BCUT2D eigenvalue weighted by molar-refractivity contribution is 0.628. The van der Waals surface area contributed by atoms with Crippen molar-refractivity contribution in [1.82, 2.24) is 4.98 Å². The number of halogens is 1. The second-order valence-electron chi connectivity index (χ2n) is 4.21. The number of hydrogen-bond donors (Lipinski definition) is 1. The van der Waals surface area contributed by atoms with Crippen molar-refractivity contribution in [3.8, 4) is 0 Å². The first-order chi connectivity index (χ1) is 8.60. The van der Waals surface area contributed by atoms with Gasteiger partial charge in [-0.25, -0.2) is 9.37 Å². The Hall–Kier alpha value is -1.94. The van der Waals surface area contributed by atoms with E-state index in [9.17, 15) is 4.39 Å². The molecular formula is C14H16FN3. The van der Waals surface area contributed by atoms with E-state index >= 15 is 0 Å². The Morgan fingerprint density at radius 1 is 1.22 bits per heavy atom. The van der Waals surface area contributed by atoms with Gasteiger partial charge in [-0.3, -0.25) is 0 Å². The Morgan fingerprint density at radius 3 is 2.50 bits per heavy atom. The molecule has 0 saturated heterocycles. The van der Waals surface area contributed by atoms with E-state index in [2.05, 4.69) is 4.98 Å². The summed E-state index contributed by atoms with van der Waals surface area (Å²) >= 11 is 0. The van der Waals surface area contributed by atoms with Crippen molar-refractivity contribution in [3.05, 3.63) is 53.5 Å². The van der Waals surface area contributed by atoms with E-state index in [-0.39, 0.29) is 5.82 Å². The first-order valence-corrected chi connectivity index (χ1v) is 5.77. The minimum atomic E-state index is -0.244. The number of nitrogens with zero attached hydrogens (tertiary/aromatic N) is 2. The number of hydrogen-bond acceptors (Lipinski definition) is 3. The quantitative estimate of drug-likeness (QED) is 0.904. The molecule has 2 rings (SSSR count). The molecule has 0 fully saturated rings. The van der Waals surface area contributed by atoms with E-state index < -0.39 is 0 Å². The summed E-state index contributed by atoms with van der Waals surface area (Å²) in [6, 6.07) is 10.2. The SMILES string of the molecule is Cc1cc(CN)cc(N(C)c2ccc(F)cc2)n1. The summed E-state index contributed by atoms with van der Waals surface area (Å²) in [6.07, 6.45) is 0. The molecular weight excluding hydrogens is 229 g/mol. The first-order valence-electron chi connectivity index (χ1n) is 5.77. The van der Waals surface area contributed by atoms with Crippen LogP contribution in [0.25, 0.3) is 0 Å². The summed E-state index contributed by atoms with van der Waals surface area (Å²) in [7, 11) is 1.90. The Labute approximate surface area is 106 Å². The molecule has 0 saturated carbocycles. The highest BCUT2D eigenvalue weighted by molar-refractivity contribution is 5.59. The molecule has 0 bridgehead atoms. The predicted molar refractivity (Wildman–Crippen MR) is 71.3 cm³/mol. The van der Waals surface area contributed by atoms with Crippen LogP contribution in [0.2, 0.25) is 0 Å². The first kappa shape index (κ1) is 12.5. The number of anilines is 2. The Morgan fingerprint density at radius 2 is 1.89 bits per heavy atom. The van der Waals surface area contributed by atoms with Gasteiger partial charge in [0.2, 0.25) is 0 Å². The maximum atomic E-state index is 12.9. The molecule has 0 atom stereocenters. The van der Waals surface area contributed by atoms with Crippen molar-refractivity contribution in [2.24, 2.45) is 5.73 Å². The van der Waals surface area contributed by atoms with Crippen molar-refractivity contribution < 1.29 is 4.39 Å². The monoisotopic (exact) mass is 245 g/mol. The van der Waals surface area contributed by atoms with Gasteiger partial charge in [-0.1, -0.05) is 0 Å². The minimum Gasteiger partial charge on any atom is -0.329 e. The highest BCUT2D eigenvalue weighted by Crippen LogP contribution is 2.23. The summed E-state index contributed by atoms with van der Waals surface area (Å²) in [5.41, 5.74) is 8.49. The second kappa shape index (κ2) is 5.14. The number of nitrogens with two attached hydrogens (primary N) is 1.